The van der Waals surface area contributed by atoms with E-state index in [1.165, 1.54) is 0 Å². The van der Waals surface area contributed by atoms with Crippen molar-refractivity contribution in [2.45, 2.75) is 13.8 Å². The average Bonchev–Trinajstić information content (AvgIpc) is 2.38. The normalized spacial score (nSPS) is 10.5. The van der Waals surface area contributed by atoms with Gasteiger partial charge in [0.15, 0.2) is 5.82 Å². The fraction of sp³-hybridized carbons (Fsp3) is 0.214. The van der Waals surface area contributed by atoms with Gasteiger partial charge in [0.2, 0.25) is 0 Å². The van der Waals surface area contributed by atoms with Crippen LogP contribution in [0, 0.1) is 6.92 Å². The molecule has 2 N–H and O–H groups in total. The van der Waals surface area contributed by atoms with E-state index in [9.17, 15) is 0 Å². The zero-order valence-electron chi connectivity index (χ0n) is 10.8. The van der Waals surface area contributed by atoms with E-state index < -0.39 is 0 Å². The average molecular weight is 296 g/mol. The maximum atomic E-state index is 6.23. The molecule has 5 heteroatoms. The number of benzene rings is 1. The number of nitrogens with two attached hydrogens (primary N) is 1. The number of hydrogen-bond acceptors (Lipinski definition) is 3. The Labute approximate surface area is 123 Å². The summed E-state index contributed by atoms with van der Waals surface area (Å²) in [4.78, 5) is 6.32. The molecule has 0 amide bonds. The summed E-state index contributed by atoms with van der Waals surface area (Å²) in [6.07, 6.45) is 0. The molecule has 1 aromatic carbocycles. The highest BCUT2D eigenvalue weighted by molar-refractivity contribution is 6.37. The lowest BCUT2D eigenvalue weighted by atomic mass is 10.2. The first-order valence-corrected chi connectivity index (χ1v) is 6.75. The first kappa shape index (κ1) is 14.0. The van der Waals surface area contributed by atoms with Crippen LogP contribution in [-0.4, -0.2) is 11.5 Å². The van der Waals surface area contributed by atoms with Crippen molar-refractivity contribution in [3.63, 3.8) is 0 Å². The molecule has 0 spiro atoms. The Balaban J connectivity index is 2.55. The molecule has 0 bridgehead atoms. The van der Waals surface area contributed by atoms with Gasteiger partial charge in [-0.25, -0.2) is 4.98 Å². The summed E-state index contributed by atoms with van der Waals surface area (Å²) in [6.45, 7) is 4.82. The summed E-state index contributed by atoms with van der Waals surface area (Å²) in [5.41, 5.74) is 7.98. The van der Waals surface area contributed by atoms with E-state index in [0.717, 1.165) is 17.8 Å². The third-order valence-electron chi connectivity index (χ3n) is 2.92. The van der Waals surface area contributed by atoms with Gasteiger partial charge in [-0.05, 0) is 31.5 Å². The number of nitrogens with zero attached hydrogens (tertiary/aromatic N) is 2. The Morgan fingerprint density at radius 3 is 2.53 bits per heavy atom. The number of pyridine rings is 1. The number of aromatic nitrogens is 1. The molecule has 0 saturated heterocycles. The number of para-hydroxylation sites is 1. The summed E-state index contributed by atoms with van der Waals surface area (Å²) in [6, 6.07) is 9.69. The fourth-order valence-corrected chi connectivity index (χ4v) is 2.42. The molecule has 19 heavy (non-hydrogen) atoms. The van der Waals surface area contributed by atoms with Gasteiger partial charge in [-0.1, -0.05) is 41.4 Å². The van der Waals surface area contributed by atoms with Crippen LogP contribution in [0.15, 0.2) is 30.3 Å². The van der Waals surface area contributed by atoms with E-state index in [4.69, 9.17) is 28.9 Å². The number of halogens is 2. The minimum atomic E-state index is 0.285. The molecule has 0 radical (unpaired) electrons. The number of hydrogen-bond donors (Lipinski definition) is 1. The van der Waals surface area contributed by atoms with Gasteiger partial charge < -0.3 is 10.6 Å². The lowest BCUT2D eigenvalue weighted by Crippen LogP contribution is -2.19. The van der Waals surface area contributed by atoms with Crippen molar-refractivity contribution in [2.75, 3.05) is 17.2 Å². The van der Waals surface area contributed by atoms with Crippen LogP contribution < -0.4 is 10.6 Å². The highest BCUT2D eigenvalue weighted by Gasteiger charge is 2.16. The van der Waals surface area contributed by atoms with Gasteiger partial charge in [-0.3, -0.25) is 0 Å². The van der Waals surface area contributed by atoms with Gasteiger partial charge >= 0.3 is 0 Å². The Kier molecular flexibility index (Phi) is 4.17. The molecule has 0 aliphatic heterocycles. The molecular weight excluding hydrogens is 281 g/mol. The molecule has 0 atom stereocenters. The summed E-state index contributed by atoms with van der Waals surface area (Å²) >= 11 is 12.2. The van der Waals surface area contributed by atoms with Gasteiger partial charge in [0, 0.05) is 12.2 Å². The van der Waals surface area contributed by atoms with Gasteiger partial charge in [0.1, 0.15) is 5.82 Å². The van der Waals surface area contributed by atoms with Crippen LogP contribution in [-0.2, 0) is 0 Å². The zero-order chi connectivity index (χ0) is 14.0. The van der Waals surface area contributed by atoms with Crippen molar-refractivity contribution in [1.29, 1.82) is 0 Å². The Morgan fingerprint density at radius 2 is 1.89 bits per heavy atom. The van der Waals surface area contributed by atoms with Gasteiger partial charge in [0.05, 0.1) is 10.0 Å². The molecular formula is C14H15Cl2N3. The minimum Gasteiger partial charge on any atom is -0.382 e. The molecule has 0 unspecified atom stereocenters. The predicted molar refractivity (Wildman–Crippen MR) is 82.5 cm³/mol. The van der Waals surface area contributed by atoms with Crippen molar-refractivity contribution in [3.8, 4) is 0 Å². The first-order chi connectivity index (χ1) is 9.04. The lowest BCUT2D eigenvalue weighted by molar-refractivity contribution is 0.985. The van der Waals surface area contributed by atoms with Crippen LogP contribution in [0.2, 0.25) is 10.0 Å². The zero-order valence-corrected chi connectivity index (χ0v) is 12.3. The predicted octanol–water partition coefficient (Wildman–Crippen LogP) is 4.44. The molecule has 0 saturated carbocycles. The lowest BCUT2D eigenvalue weighted by Gasteiger charge is -2.25. The van der Waals surface area contributed by atoms with E-state index >= 15 is 0 Å². The highest BCUT2D eigenvalue weighted by atomic mass is 35.5. The number of anilines is 3. The Bertz CT molecular complexity index is 599. The molecule has 100 valence electrons. The highest BCUT2D eigenvalue weighted by Crippen LogP contribution is 2.35. The van der Waals surface area contributed by atoms with E-state index in [1.807, 2.05) is 43.0 Å². The quantitative estimate of drug-likeness (QED) is 0.910. The van der Waals surface area contributed by atoms with E-state index in [1.54, 1.807) is 6.07 Å². The molecule has 3 nitrogen and oxygen atoms in total. The Morgan fingerprint density at radius 1 is 1.21 bits per heavy atom. The van der Waals surface area contributed by atoms with Crippen molar-refractivity contribution in [3.05, 3.63) is 45.9 Å². The maximum Gasteiger partial charge on any atom is 0.154 e. The molecule has 0 aliphatic rings. The SMILES string of the molecule is CCN(c1ccccc1C)c1nc(N)c(Cl)cc1Cl. The van der Waals surface area contributed by atoms with E-state index in [0.29, 0.717) is 15.9 Å². The van der Waals surface area contributed by atoms with Crippen molar-refractivity contribution >= 4 is 40.5 Å². The second kappa shape index (κ2) is 5.68. The molecule has 0 fully saturated rings. The van der Waals surface area contributed by atoms with E-state index in [2.05, 4.69) is 4.98 Å². The van der Waals surface area contributed by atoms with Gasteiger partial charge in [0.25, 0.3) is 0 Å². The van der Waals surface area contributed by atoms with Crippen LogP contribution in [0.4, 0.5) is 17.3 Å². The second-order valence-corrected chi connectivity index (χ2v) is 5.01. The van der Waals surface area contributed by atoms with Gasteiger partial charge in [-0.15, -0.1) is 0 Å². The first-order valence-electron chi connectivity index (χ1n) is 5.99. The molecule has 2 rings (SSSR count). The largest absolute Gasteiger partial charge is 0.382 e. The maximum absolute atomic E-state index is 6.23. The summed E-state index contributed by atoms with van der Waals surface area (Å²) in [5.74, 6) is 0.911. The van der Waals surface area contributed by atoms with Gasteiger partial charge in [-0.2, -0.15) is 0 Å². The van der Waals surface area contributed by atoms with Crippen molar-refractivity contribution < 1.29 is 0 Å². The summed E-state index contributed by atoms with van der Waals surface area (Å²) in [5, 5.41) is 0.860. The third kappa shape index (κ3) is 2.77. The minimum absolute atomic E-state index is 0.285. The summed E-state index contributed by atoms with van der Waals surface area (Å²) < 4.78 is 0. The number of aryl methyl sites for hydroxylation is 1. The summed E-state index contributed by atoms with van der Waals surface area (Å²) in [7, 11) is 0. The number of nitrogen functional groups attached to an aromatic ring is 1. The third-order valence-corrected chi connectivity index (χ3v) is 3.50. The van der Waals surface area contributed by atoms with Crippen LogP contribution in [0.3, 0.4) is 0 Å². The van der Waals surface area contributed by atoms with Crippen LogP contribution in [0.5, 0.6) is 0 Å². The fourth-order valence-electron chi connectivity index (χ4n) is 1.96. The van der Waals surface area contributed by atoms with Crippen LogP contribution in [0.1, 0.15) is 12.5 Å². The van der Waals surface area contributed by atoms with Crippen molar-refractivity contribution in [1.82, 2.24) is 4.98 Å². The molecule has 1 aromatic heterocycles. The number of rotatable bonds is 3. The second-order valence-electron chi connectivity index (χ2n) is 4.19. The van der Waals surface area contributed by atoms with Crippen LogP contribution >= 0.6 is 23.2 Å². The van der Waals surface area contributed by atoms with E-state index in [-0.39, 0.29) is 5.82 Å². The molecule has 2 aromatic rings. The topological polar surface area (TPSA) is 42.2 Å². The molecule has 1 heterocycles. The van der Waals surface area contributed by atoms with Crippen LogP contribution in [0.25, 0.3) is 0 Å². The molecule has 0 aliphatic carbocycles. The van der Waals surface area contributed by atoms with Crippen molar-refractivity contribution in [2.24, 2.45) is 0 Å². The smallest absolute Gasteiger partial charge is 0.154 e. The standard InChI is InChI=1S/C14H15Cl2N3/c1-3-19(12-7-5-4-6-9(12)2)14-11(16)8-10(15)13(17)18-14/h4-8H,3H2,1-2H3,(H2,17,18). The monoisotopic (exact) mass is 295 g/mol. The Hall–Kier alpha value is -1.45.